The molecule has 3 aromatic rings. The van der Waals surface area contributed by atoms with Gasteiger partial charge in [-0.2, -0.15) is 13.2 Å². The zero-order valence-electron chi connectivity index (χ0n) is 12.7. The number of hydrogen-bond donors (Lipinski definition) is 1. The minimum absolute atomic E-state index is 0.0814. The summed E-state index contributed by atoms with van der Waals surface area (Å²) >= 11 is 1.27. The zero-order valence-corrected chi connectivity index (χ0v) is 13.5. The summed E-state index contributed by atoms with van der Waals surface area (Å²) in [4.78, 5) is 28.8. The van der Waals surface area contributed by atoms with Gasteiger partial charge in [0.1, 0.15) is 11.4 Å². The molecule has 0 aliphatic heterocycles. The van der Waals surface area contributed by atoms with E-state index in [1.807, 2.05) is 5.32 Å². The first kappa shape index (κ1) is 17.2. The number of benzene rings is 1. The number of nitrogens with zero attached hydrogens (tertiary/aromatic N) is 2. The van der Waals surface area contributed by atoms with Crippen molar-refractivity contribution in [3.05, 3.63) is 64.0 Å². The Morgan fingerprint density at radius 2 is 1.96 bits per heavy atom. The summed E-state index contributed by atoms with van der Waals surface area (Å²) in [7, 11) is 0. The van der Waals surface area contributed by atoms with Crippen molar-refractivity contribution in [3.8, 4) is 0 Å². The van der Waals surface area contributed by atoms with Gasteiger partial charge in [0, 0.05) is 0 Å². The fourth-order valence-electron chi connectivity index (χ4n) is 2.37. The second-order valence-electron chi connectivity index (χ2n) is 5.27. The van der Waals surface area contributed by atoms with Crippen LogP contribution in [-0.4, -0.2) is 21.6 Å². The quantitative estimate of drug-likeness (QED) is 0.771. The monoisotopic (exact) mass is 367 g/mol. The molecule has 2 heterocycles. The van der Waals surface area contributed by atoms with Crippen molar-refractivity contribution in [2.24, 2.45) is 0 Å². The highest BCUT2D eigenvalue weighted by Gasteiger charge is 2.41. The molecule has 2 aromatic heterocycles. The second kappa shape index (κ2) is 6.67. The lowest BCUT2D eigenvalue weighted by Crippen LogP contribution is -2.40. The molecule has 0 saturated heterocycles. The summed E-state index contributed by atoms with van der Waals surface area (Å²) in [6.45, 7) is -0.545. The Bertz CT molecular complexity index is 950. The number of halogens is 3. The lowest BCUT2D eigenvalue weighted by molar-refractivity contribution is -0.163. The number of hydrogen-bond acceptors (Lipinski definition) is 4. The zero-order chi connectivity index (χ0) is 18.0. The van der Waals surface area contributed by atoms with E-state index in [0.717, 1.165) is 10.9 Å². The molecule has 0 aliphatic rings. The number of carbonyl (C=O) groups excluding carboxylic acids is 1. The van der Waals surface area contributed by atoms with Crippen molar-refractivity contribution in [1.29, 1.82) is 0 Å². The van der Waals surface area contributed by atoms with Gasteiger partial charge in [-0.05, 0) is 17.0 Å². The molecule has 3 rings (SSSR count). The predicted molar refractivity (Wildman–Crippen MR) is 87.3 cm³/mol. The van der Waals surface area contributed by atoms with E-state index in [2.05, 4.69) is 4.98 Å². The number of fused-ring (bicyclic) bond motifs is 1. The maximum absolute atomic E-state index is 13.3. The van der Waals surface area contributed by atoms with Crippen LogP contribution in [0.3, 0.4) is 0 Å². The fourth-order valence-corrected chi connectivity index (χ4v) is 3.09. The number of nitrogens with one attached hydrogen (secondary N) is 1. The van der Waals surface area contributed by atoms with Gasteiger partial charge in [-0.1, -0.05) is 30.3 Å². The van der Waals surface area contributed by atoms with Gasteiger partial charge in [0.05, 0.1) is 11.7 Å². The molecule has 0 radical (unpaired) electrons. The molecule has 1 aromatic carbocycles. The van der Waals surface area contributed by atoms with Crippen LogP contribution in [0, 0.1) is 0 Å². The lowest BCUT2D eigenvalue weighted by atomic mass is 10.1. The largest absolute Gasteiger partial charge is 0.412 e. The number of rotatable bonds is 4. The van der Waals surface area contributed by atoms with Crippen molar-refractivity contribution in [1.82, 2.24) is 14.9 Å². The topological polar surface area (TPSA) is 64.0 Å². The molecule has 0 aliphatic carbocycles. The SMILES string of the molecule is O=C(Cn1cnc2sccc2c1=O)NC(c1ccccc1)C(F)(F)F. The highest BCUT2D eigenvalue weighted by molar-refractivity contribution is 7.16. The van der Waals surface area contributed by atoms with E-state index in [0.29, 0.717) is 10.2 Å². The van der Waals surface area contributed by atoms with E-state index in [1.165, 1.54) is 35.6 Å². The third-order valence-corrected chi connectivity index (χ3v) is 4.35. The molecule has 1 N–H and O–H groups in total. The summed E-state index contributed by atoms with van der Waals surface area (Å²) in [6.07, 6.45) is -3.50. The second-order valence-corrected chi connectivity index (χ2v) is 6.16. The van der Waals surface area contributed by atoms with Crippen molar-refractivity contribution in [2.45, 2.75) is 18.8 Å². The Morgan fingerprint density at radius 3 is 2.64 bits per heavy atom. The molecule has 1 amide bonds. The van der Waals surface area contributed by atoms with Crippen LogP contribution in [0.5, 0.6) is 0 Å². The molecular formula is C16H12F3N3O2S. The summed E-state index contributed by atoms with van der Waals surface area (Å²) in [5, 5.41) is 3.95. The highest BCUT2D eigenvalue weighted by Crippen LogP contribution is 2.32. The number of aromatic nitrogens is 2. The summed E-state index contributed by atoms with van der Waals surface area (Å²) in [5.74, 6) is -0.926. The van der Waals surface area contributed by atoms with Gasteiger partial charge in [0.15, 0.2) is 6.04 Å². The molecule has 9 heteroatoms. The molecule has 1 unspecified atom stereocenters. The van der Waals surface area contributed by atoms with E-state index in [-0.39, 0.29) is 5.56 Å². The van der Waals surface area contributed by atoms with Crippen LogP contribution in [0.4, 0.5) is 13.2 Å². The summed E-state index contributed by atoms with van der Waals surface area (Å²) < 4.78 is 40.8. The Labute approximate surface area is 143 Å². The normalized spacial score (nSPS) is 12.9. The van der Waals surface area contributed by atoms with Crippen molar-refractivity contribution in [2.75, 3.05) is 0 Å². The number of alkyl halides is 3. The third kappa shape index (κ3) is 3.71. The molecule has 1 atom stereocenters. The minimum atomic E-state index is -4.66. The standard InChI is InChI=1S/C16H12F3N3O2S/c17-16(18,19)13(10-4-2-1-3-5-10)21-12(23)8-22-9-20-14-11(15(22)24)6-7-25-14/h1-7,9,13H,8H2,(H,21,23). The number of thiophene rings is 1. The number of amides is 1. The lowest BCUT2D eigenvalue weighted by Gasteiger charge is -2.22. The van der Waals surface area contributed by atoms with E-state index in [4.69, 9.17) is 0 Å². The third-order valence-electron chi connectivity index (χ3n) is 3.53. The maximum Gasteiger partial charge on any atom is 0.412 e. The fraction of sp³-hybridized carbons (Fsp3) is 0.188. The molecular weight excluding hydrogens is 355 g/mol. The van der Waals surface area contributed by atoms with E-state index >= 15 is 0 Å². The number of carbonyl (C=O) groups is 1. The summed E-state index contributed by atoms with van der Waals surface area (Å²) in [6, 6.07) is 6.48. The highest BCUT2D eigenvalue weighted by atomic mass is 32.1. The molecule has 25 heavy (non-hydrogen) atoms. The van der Waals surface area contributed by atoms with Gasteiger partial charge in [0.25, 0.3) is 5.56 Å². The van der Waals surface area contributed by atoms with Crippen molar-refractivity contribution in [3.63, 3.8) is 0 Å². The van der Waals surface area contributed by atoms with Crippen LogP contribution < -0.4 is 10.9 Å². The molecule has 0 fully saturated rings. The van der Waals surface area contributed by atoms with Crippen LogP contribution in [0.2, 0.25) is 0 Å². The van der Waals surface area contributed by atoms with Gasteiger partial charge in [-0.3, -0.25) is 14.2 Å². The average Bonchev–Trinajstić information content (AvgIpc) is 3.04. The van der Waals surface area contributed by atoms with Gasteiger partial charge in [-0.25, -0.2) is 4.98 Å². The maximum atomic E-state index is 13.3. The van der Waals surface area contributed by atoms with Crippen LogP contribution in [0.1, 0.15) is 11.6 Å². The first-order valence-corrected chi connectivity index (χ1v) is 8.08. The van der Waals surface area contributed by atoms with Gasteiger partial charge >= 0.3 is 6.18 Å². The van der Waals surface area contributed by atoms with E-state index in [1.54, 1.807) is 17.5 Å². The summed E-state index contributed by atoms with van der Waals surface area (Å²) in [5.41, 5.74) is -0.549. The minimum Gasteiger partial charge on any atom is -0.339 e. The average molecular weight is 367 g/mol. The first-order chi connectivity index (χ1) is 11.9. The van der Waals surface area contributed by atoms with E-state index < -0.39 is 30.2 Å². The van der Waals surface area contributed by atoms with E-state index in [9.17, 15) is 22.8 Å². The Balaban J connectivity index is 1.82. The van der Waals surface area contributed by atoms with Gasteiger partial charge < -0.3 is 5.32 Å². The Hall–Kier alpha value is -2.68. The Kier molecular flexibility index (Phi) is 4.58. The predicted octanol–water partition coefficient (Wildman–Crippen LogP) is 2.88. The first-order valence-electron chi connectivity index (χ1n) is 7.20. The van der Waals surface area contributed by atoms with Crippen LogP contribution in [0.15, 0.2) is 52.9 Å². The van der Waals surface area contributed by atoms with Gasteiger partial charge in [0.2, 0.25) is 5.91 Å². The van der Waals surface area contributed by atoms with Crippen molar-refractivity contribution >= 4 is 27.5 Å². The smallest absolute Gasteiger partial charge is 0.339 e. The molecule has 0 saturated carbocycles. The molecule has 130 valence electrons. The van der Waals surface area contributed by atoms with Gasteiger partial charge in [-0.15, -0.1) is 11.3 Å². The van der Waals surface area contributed by atoms with Crippen molar-refractivity contribution < 1.29 is 18.0 Å². The molecule has 5 nitrogen and oxygen atoms in total. The van der Waals surface area contributed by atoms with Crippen LogP contribution in [-0.2, 0) is 11.3 Å². The van der Waals surface area contributed by atoms with Crippen LogP contribution in [0.25, 0.3) is 10.2 Å². The van der Waals surface area contributed by atoms with Crippen LogP contribution >= 0.6 is 11.3 Å². The molecule has 0 spiro atoms. The Morgan fingerprint density at radius 1 is 1.24 bits per heavy atom. The molecule has 0 bridgehead atoms.